The maximum Gasteiger partial charge on any atom is 0.187 e. The largest absolute Gasteiger partial charge is 0.495 e. The monoisotopic (exact) mass is 313 g/mol. The summed E-state index contributed by atoms with van der Waals surface area (Å²) in [5, 5.41) is 3.03. The molecule has 0 saturated heterocycles. The second kappa shape index (κ2) is 7.89. The molecule has 0 fully saturated rings. The van der Waals surface area contributed by atoms with Gasteiger partial charge in [-0.3, -0.25) is 4.79 Å². The number of anilines is 1. The van der Waals surface area contributed by atoms with Gasteiger partial charge in [-0.25, -0.2) is 0 Å². The second-order valence-corrected chi connectivity index (χ2v) is 4.61. The fraction of sp³-hybridized carbons (Fsp3) is 0.167. The Morgan fingerprint density at radius 1 is 0.913 bits per heavy atom. The highest BCUT2D eigenvalue weighted by Gasteiger charge is 2.08. The van der Waals surface area contributed by atoms with E-state index in [1.807, 2.05) is 24.3 Å². The number of rotatable bonds is 7. The van der Waals surface area contributed by atoms with E-state index in [0.717, 1.165) is 5.69 Å². The normalized spacial score (nSPS) is 10.4. The first-order valence-corrected chi connectivity index (χ1v) is 7.02. The first-order chi connectivity index (χ1) is 11.2. The topological polar surface area (TPSA) is 56.8 Å². The van der Waals surface area contributed by atoms with Crippen LogP contribution in [0, 0.1) is 0 Å². The van der Waals surface area contributed by atoms with Crippen LogP contribution in [0.3, 0.4) is 0 Å². The van der Waals surface area contributed by atoms with Crippen molar-refractivity contribution in [2.24, 2.45) is 0 Å². The van der Waals surface area contributed by atoms with E-state index in [1.54, 1.807) is 38.6 Å². The quantitative estimate of drug-likeness (QED) is 0.626. The van der Waals surface area contributed by atoms with Crippen LogP contribution in [-0.4, -0.2) is 27.1 Å². The van der Waals surface area contributed by atoms with Crippen LogP contribution in [0.1, 0.15) is 10.4 Å². The zero-order chi connectivity index (χ0) is 16.7. The Morgan fingerprint density at radius 3 is 2.30 bits per heavy atom. The summed E-state index contributed by atoms with van der Waals surface area (Å²) in [7, 11) is 4.68. The number of hydrogen-bond donors (Lipinski definition) is 1. The van der Waals surface area contributed by atoms with E-state index < -0.39 is 0 Å². The predicted molar refractivity (Wildman–Crippen MR) is 89.6 cm³/mol. The van der Waals surface area contributed by atoms with Gasteiger partial charge < -0.3 is 19.5 Å². The molecular formula is C18H19NO4. The number of methoxy groups -OCH3 is 3. The molecule has 0 aliphatic carbocycles. The average Bonchev–Trinajstić information content (AvgIpc) is 2.61. The third kappa shape index (κ3) is 4.03. The third-order valence-corrected chi connectivity index (χ3v) is 3.25. The Balaban J connectivity index is 2.09. The van der Waals surface area contributed by atoms with Crippen molar-refractivity contribution in [1.82, 2.24) is 0 Å². The van der Waals surface area contributed by atoms with Gasteiger partial charge in [0.25, 0.3) is 0 Å². The lowest BCUT2D eigenvalue weighted by atomic mass is 10.1. The van der Waals surface area contributed by atoms with E-state index in [4.69, 9.17) is 14.2 Å². The van der Waals surface area contributed by atoms with Crippen LogP contribution in [0.5, 0.6) is 17.2 Å². The zero-order valence-electron chi connectivity index (χ0n) is 13.3. The van der Waals surface area contributed by atoms with Gasteiger partial charge in [-0.2, -0.15) is 0 Å². The maximum atomic E-state index is 12.2. The number of ketones is 1. The molecule has 0 unspecified atom stereocenters. The highest BCUT2D eigenvalue weighted by molar-refractivity contribution is 6.05. The number of ether oxygens (including phenoxy) is 3. The minimum absolute atomic E-state index is 0.145. The number of allylic oxidation sites excluding steroid dienone is 1. The molecule has 0 radical (unpaired) electrons. The van der Waals surface area contributed by atoms with E-state index in [2.05, 4.69) is 5.32 Å². The molecule has 0 atom stereocenters. The molecule has 5 heteroatoms. The van der Waals surface area contributed by atoms with Gasteiger partial charge in [-0.05, 0) is 30.3 Å². The van der Waals surface area contributed by atoms with E-state index in [1.165, 1.54) is 13.2 Å². The zero-order valence-corrected chi connectivity index (χ0v) is 13.3. The van der Waals surface area contributed by atoms with Crippen LogP contribution < -0.4 is 19.5 Å². The third-order valence-electron chi connectivity index (χ3n) is 3.25. The molecule has 0 bridgehead atoms. The number of para-hydroxylation sites is 2. The minimum atomic E-state index is -0.145. The standard InChI is InChI=1S/C18H19NO4/c1-21-16-7-5-4-6-14(16)19-11-10-15(20)13-8-9-17(22-2)18(12-13)23-3/h4-12,19H,1-3H3/b11-10+. The molecule has 0 saturated carbocycles. The smallest absolute Gasteiger partial charge is 0.187 e. The molecule has 0 spiro atoms. The Hall–Kier alpha value is -2.95. The molecule has 0 aliphatic heterocycles. The molecule has 2 aromatic rings. The van der Waals surface area contributed by atoms with Gasteiger partial charge in [0.2, 0.25) is 0 Å². The molecule has 1 N–H and O–H groups in total. The van der Waals surface area contributed by atoms with Gasteiger partial charge in [-0.15, -0.1) is 0 Å². The van der Waals surface area contributed by atoms with Gasteiger partial charge in [0.05, 0.1) is 27.0 Å². The number of hydrogen-bond acceptors (Lipinski definition) is 5. The lowest BCUT2D eigenvalue weighted by Gasteiger charge is -2.08. The van der Waals surface area contributed by atoms with E-state index in [0.29, 0.717) is 22.8 Å². The van der Waals surface area contributed by atoms with Gasteiger partial charge in [-0.1, -0.05) is 12.1 Å². The lowest BCUT2D eigenvalue weighted by Crippen LogP contribution is -1.99. The molecule has 0 aliphatic rings. The molecular weight excluding hydrogens is 294 g/mol. The van der Waals surface area contributed by atoms with E-state index in [9.17, 15) is 4.79 Å². The average molecular weight is 313 g/mol. The van der Waals surface area contributed by atoms with Crippen molar-refractivity contribution < 1.29 is 19.0 Å². The van der Waals surface area contributed by atoms with Gasteiger partial charge in [0, 0.05) is 17.8 Å². The first kappa shape index (κ1) is 16.4. The summed E-state index contributed by atoms with van der Waals surface area (Å²) in [5.41, 5.74) is 1.30. The van der Waals surface area contributed by atoms with Crippen molar-refractivity contribution in [2.75, 3.05) is 26.6 Å². The summed E-state index contributed by atoms with van der Waals surface area (Å²) in [6, 6.07) is 12.5. The van der Waals surface area contributed by atoms with Crippen LogP contribution in [-0.2, 0) is 0 Å². The summed E-state index contributed by atoms with van der Waals surface area (Å²) in [6.45, 7) is 0. The fourth-order valence-electron chi connectivity index (χ4n) is 2.06. The molecule has 120 valence electrons. The molecule has 2 rings (SSSR count). The molecule has 0 amide bonds. The van der Waals surface area contributed by atoms with Crippen LogP contribution in [0.2, 0.25) is 0 Å². The van der Waals surface area contributed by atoms with Crippen molar-refractivity contribution in [3.63, 3.8) is 0 Å². The van der Waals surface area contributed by atoms with Crippen molar-refractivity contribution in [2.45, 2.75) is 0 Å². The summed E-state index contributed by atoms with van der Waals surface area (Å²) in [5.74, 6) is 1.66. The molecule has 23 heavy (non-hydrogen) atoms. The number of carbonyl (C=O) groups excluding carboxylic acids is 1. The molecule has 2 aromatic carbocycles. The fourth-order valence-corrected chi connectivity index (χ4v) is 2.06. The predicted octanol–water partition coefficient (Wildman–Crippen LogP) is 3.52. The van der Waals surface area contributed by atoms with Crippen molar-refractivity contribution in [3.8, 4) is 17.2 Å². The van der Waals surface area contributed by atoms with Crippen LogP contribution in [0.15, 0.2) is 54.7 Å². The maximum absolute atomic E-state index is 12.2. The Labute approximate surface area is 135 Å². The van der Waals surface area contributed by atoms with E-state index in [-0.39, 0.29) is 5.78 Å². The highest BCUT2D eigenvalue weighted by atomic mass is 16.5. The Bertz CT molecular complexity index is 710. The van der Waals surface area contributed by atoms with Gasteiger partial charge in [0.15, 0.2) is 17.3 Å². The SMILES string of the molecule is COc1ccccc1N/C=C/C(=O)c1ccc(OC)c(OC)c1. The number of nitrogens with one attached hydrogen (secondary N) is 1. The van der Waals surface area contributed by atoms with Crippen LogP contribution >= 0.6 is 0 Å². The Morgan fingerprint density at radius 2 is 1.61 bits per heavy atom. The van der Waals surface area contributed by atoms with Crippen molar-refractivity contribution in [3.05, 3.63) is 60.3 Å². The lowest BCUT2D eigenvalue weighted by molar-refractivity contribution is 0.104. The number of benzene rings is 2. The molecule has 0 aromatic heterocycles. The van der Waals surface area contributed by atoms with Crippen molar-refractivity contribution >= 4 is 11.5 Å². The summed E-state index contributed by atoms with van der Waals surface area (Å²) >= 11 is 0. The Kier molecular flexibility index (Phi) is 5.63. The van der Waals surface area contributed by atoms with Gasteiger partial charge >= 0.3 is 0 Å². The summed E-state index contributed by atoms with van der Waals surface area (Å²) in [6.07, 6.45) is 3.03. The van der Waals surface area contributed by atoms with Crippen molar-refractivity contribution in [1.29, 1.82) is 0 Å². The minimum Gasteiger partial charge on any atom is -0.495 e. The highest BCUT2D eigenvalue weighted by Crippen LogP contribution is 2.28. The van der Waals surface area contributed by atoms with Crippen LogP contribution in [0.25, 0.3) is 0 Å². The van der Waals surface area contributed by atoms with E-state index >= 15 is 0 Å². The number of carbonyl (C=O) groups is 1. The summed E-state index contributed by atoms with van der Waals surface area (Å²) in [4.78, 5) is 12.2. The molecule has 5 nitrogen and oxygen atoms in total. The first-order valence-electron chi connectivity index (χ1n) is 7.02. The van der Waals surface area contributed by atoms with Crippen LogP contribution in [0.4, 0.5) is 5.69 Å². The summed E-state index contributed by atoms with van der Waals surface area (Å²) < 4.78 is 15.6. The second-order valence-electron chi connectivity index (χ2n) is 4.61. The molecule has 0 heterocycles. The van der Waals surface area contributed by atoms with Gasteiger partial charge in [0.1, 0.15) is 5.75 Å².